The molecule has 0 saturated carbocycles. The number of hydrogen-bond acceptors (Lipinski definition) is 6. The smallest absolute Gasteiger partial charge is 0.167 e. The van der Waals surface area contributed by atoms with E-state index in [0.717, 1.165) is 0 Å². The number of ether oxygens (including phenoxy) is 2. The van der Waals surface area contributed by atoms with Crippen LogP contribution in [-0.4, -0.2) is 37.0 Å². The fraction of sp³-hybridized carbons (Fsp3) is 0.867. The topological polar surface area (TPSA) is 90.8 Å². The predicted octanol–water partition coefficient (Wildman–Crippen LogP) is 3.24. The van der Waals surface area contributed by atoms with E-state index in [0.29, 0.717) is 12.8 Å². The summed E-state index contributed by atoms with van der Waals surface area (Å²) in [6, 6.07) is 4.29. The van der Waals surface area contributed by atoms with Crippen LogP contribution in [0.15, 0.2) is 10.2 Å². The van der Waals surface area contributed by atoms with E-state index in [2.05, 4.69) is 22.4 Å². The molecule has 0 aromatic rings. The number of methoxy groups -OCH3 is 2. The third kappa shape index (κ3) is 6.66. The Hall–Kier alpha value is -1.50. The van der Waals surface area contributed by atoms with Gasteiger partial charge in [0, 0.05) is 27.1 Å². The lowest BCUT2D eigenvalue weighted by molar-refractivity contribution is 0.00452. The molecule has 6 nitrogen and oxygen atoms in total. The predicted molar refractivity (Wildman–Crippen MR) is 79.7 cm³/mol. The molecule has 0 aliphatic rings. The Kier molecular flexibility index (Phi) is 6.96. The van der Waals surface area contributed by atoms with Gasteiger partial charge in [0.2, 0.25) is 0 Å². The molecule has 3 unspecified atom stereocenters. The Bertz CT molecular complexity index is 450. The van der Waals surface area contributed by atoms with Crippen molar-refractivity contribution in [3.63, 3.8) is 0 Å². The van der Waals surface area contributed by atoms with E-state index in [9.17, 15) is 10.5 Å². The summed E-state index contributed by atoms with van der Waals surface area (Å²) in [5, 5.41) is 27.0. The zero-order valence-corrected chi connectivity index (χ0v) is 14.1. The summed E-state index contributed by atoms with van der Waals surface area (Å²) in [6.45, 7) is 9.01. The lowest BCUT2D eigenvalue weighted by Gasteiger charge is -2.29. The maximum atomic E-state index is 9.37. The molecule has 118 valence electrons. The zero-order valence-electron chi connectivity index (χ0n) is 14.1. The fourth-order valence-electron chi connectivity index (χ4n) is 1.97. The second-order valence-electron chi connectivity index (χ2n) is 6.36. The first-order valence-corrected chi connectivity index (χ1v) is 6.90. The van der Waals surface area contributed by atoms with Gasteiger partial charge in [0.25, 0.3) is 0 Å². The van der Waals surface area contributed by atoms with Crippen molar-refractivity contribution in [3.8, 4) is 12.1 Å². The molecule has 0 saturated heterocycles. The normalized spacial score (nSPS) is 19.3. The lowest BCUT2D eigenvalue weighted by atomic mass is 9.89. The van der Waals surface area contributed by atoms with Crippen LogP contribution in [0.2, 0.25) is 0 Å². The lowest BCUT2D eigenvalue weighted by Crippen LogP contribution is -2.35. The number of azo groups is 1. The first-order chi connectivity index (χ1) is 9.55. The molecule has 0 rings (SSSR count). The standard InChI is InChI=1S/C15H26N4O2/c1-12(20-6)8-14(4,10-16)18-19-15(5,11-17)9-13(2,3)21-7/h12H,8-9H2,1-7H3. The average molecular weight is 294 g/mol. The van der Waals surface area contributed by atoms with Crippen LogP contribution in [0, 0.1) is 22.7 Å². The van der Waals surface area contributed by atoms with Crippen LogP contribution in [0.1, 0.15) is 47.5 Å². The Morgan fingerprint density at radius 3 is 1.86 bits per heavy atom. The second kappa shape index (κ2) is 7.49. The second-order valence-corrected chi connectivity index (χ2v) is 6.36. The van der Waals surface area contributed by atoms with Crippen LogP contribution in [0.25, 0.3) is 0 Å². The molecule has 0 aliphatic carbocycles. The van der Waals surface area contributed by atoms with Gasteiger partial charge in [-0.3, -0.25) is 0 Å². The highest BCUT2D eigenvalue weighted by atomic mass is 16.5. The van der Waals surface area contributed by atoms with Gasteiger partial charge in [0.05, 0.1) is 23.8 Å². The first kappa shape index (κ1) is 19.5. The Morgan fingerprint density at radius 1 is 1.00 bits per heavy atom. The van der Waals surface area contributed by atoms with Gasteiger partial charge in [0.1, 0.15) is 0 Å². The number of rotatable bonds is 8. The van der Waals surface area contributed by atoms with Crippen molar-refractivity contribution in [1.82, 2.24) is 0 Å². The van der Waals surface area contributed by atoms with Gasteiger partial charge in [-0.1, -0.05) is 0 Å². The molecule has 0 aliphatic heterocycles. The first-order valence-electron chi connectivity index (χ1n) is 6.90. The highest BCUT2D eigenvalue weighted by Crippen LogP contribution is 2.28. The van der Waals surface area contributed by atoms with Crippen molar-refractivity contribution < 1.29 is 9.47 Å². The van der Waals surface area contributed by atoms with E-state index in [1.54, 1.807) is 28.1 Å². The van der Waals surface area contributed by atoms with Crippen LogP contribution >= 0.6 is 0 Å². The zero-order chi connectivity index (χ0) is 16.7. The molecule has 0 amide bonds. The molecule has 6 heteroatoms. The molecular formula is C15H26N4O2. The van der Waals surface area contributed by atoms with Gasteiger partial charge < -0.3 is 9.47 Å². The summed E-state index contributed by atoms with van der Waals surface area (Å²) in [5.74, 6) is 0. The van der Waals surface area contributed by atoms with E-state index >= 15 is 0 Å². The van der Waals surface area contributed by atoms with Gasteiger partial charge in [-0.2, -0.15) is 20.8 Å². The van der Waals surface area contributed by atoms with Crippen molar-refractivity contribution >= 4 is 0 Å². The quantitative estimate of drug-likeness (QED) is 0.642. The average Bonchev–Trinajstić information content (AvgIpc) is 2.44. The minimum absolute atomic E-state index is 0.114. The van der Waals surface area contributed by atoms with Crippen molar-refractivity contribution in [3.05, 3.63) is 0 Å². The largest absolute Gasteiger partial charge is 0.382 e. The van der Waals surface area contributed by atoms with Crippen LogP contribution in [0.4, 0.5) is 0 Å². The van der Waals surface area contributed by atoms with Crippen molar-refractivity contribution in [2.45, 2.75) is 70.2 Å². The molecule has 0 spiro atoms. The maximum Gasteiger partial charge on any atom is 0.167 e. The molecule has 0 aromatic carbocycles. The van der Waals surface area contributed by atoms with Gasteiger partial charge in [-0.15, -0.1) is 0 Å². The molecule has 3 atom stereocenters. The van der Waals surface area contributed by atoms with Crippen LogP contribution < -0.4 is 0 Å². The third-order valence-corrected chi connectivity index (χ3v) is 3.38. The van der Waals surface area contributed by atoms with E-state index in [-0.39, 0.29) is 6.10 Å². The molecule has 21 heavy (non-hydrogen) atoms. The molecule has 0 radical (unpaired) electrons. The Morgan fingerprint density at radius 2 is 1.48 bits per heavy atom. The Labute approximate surface area is 127 Å². The summed E-state index contributed by atoms with van der Waals surface area (Å²) in [6.07, 6.45) is 0.689. The Balaban J connectivity index is 5.18. The van der Waals surface area contributed by atoms with Crippen LogP contribution in [0.5, 0.6) is 0 Å². The summed E-state index contributed by atoms with van der Waals surface area (Å²) in [4.78, 5) is 0. The van der Waals surface area contributed by atoms with E-state index < -0.39 is 16.7 Å². The van der Waals surface area contributed by atoms with Crippen LogP contribution in [-0.2, 0) is 9.47 Å². The van der Waals surface area contributed by atoms with Gasteiger partial charge in [0.15, 0.2) is 11.1 Å². The summed E-state index contributed by atoms with van der Waals surface area (Å²) in [7, 11) is 3.18. The summed E-state index contributed by atoms with van der Waals surface area (Å²) >= 11 is 0. The van der Waals surface area contributed by atoms with E-state index in [4.69, 9.17) is 9.47 Å². The number of nitrogens with zero attached hydrogens (tertiary/aromatic N) is 4. The van der Waals surface area contributed by atoms with Crippen molar-refractivity contribution in [2.75, 3.05) is 14.2 Å². The molecule has 0 fully saturated rings. The van der Waals surface area contributed by atoms with Crippen molar-refractivity contribution in [1.29, 1.82) is 10.5 Å². The molecule has 0 aromatic heterocycles. The number of nitriles is 2. The minimum atomic E-state index is -1.03. The van der Waals surface area contributed by atoms with Crippen molar-refractivity contribution in [2.24, 2.45) is 10.2 Å². The summed E-state index contributed by atoms with van der Waals surface area (Å²) < 4.78 is 10.5. The summed E-state index contributed by atoms with van der Waals surface area (Å²) in [5.41, 5.74) is -2.54. The highest BCUT2D eigenvalue weighted by Gasteiger charge is 2.35. The molecular weight excluding hydrogens is 268 g/mol. The molecule has 0 N–H and O–H groups in total. The fourth-order valence-corrected chi connectivity index (χ4v) is 1.97. The monoisotopic (exact) mass is 294 g/mol. The van der Waals surface area contributed by atoms with Gasteiger partial charge >= 0.3 is 0 Å². The molecule has 0 bridgehead atoms. The number of hydrogen-bond donors (Lipinski definition) is 0. The van der Waals surface area contributed by atoms with E-state index in [1.807, 2.05) is 20.8 Å². The maximum absolute atomic E-state index is 9.37. The van der Waals surface area contributed by atoms with E-state index in [1.165, 1.54) is 0 Å². The van der Waals surface area contributed by atoms with Gasteiger partial charge in [-0.25, -0.2) is 0 Å². The van der Waals surface area contributed by atoms with Crippen LogP contribution in [0.3, 0.4) is 0 Å². The molecule has 0 heterocycles. The highest BCUT2D eigenvalue weighted by molar-refractivity contribution is 5.09. The SMILES string of the molecule is COC(C)CC(C)(C#N)N=NC(C)(C#N)CC(C)(C)OC. The minimum Gasteiger partial charge on any atom is -0.382 e. The van der Waals surface area contributed by atoms with Gasteiger partial charge in [-0.05, 0) is 34.6 Å². The third-order valence-electron chi connectivity index (χ3n) is 3.38.